The van der Waals surface area contributed by atoms with Gasteiger partial charge in [0.1, 0.15) is 0 Å². The largest absolute Gasteiger partial charge is 0.372 e. The van der Waals surface area contributed by atoms with Crippen molar-refractivity contribution in [3.63, 3.8) is 0 Å². The van der Waals surface area contributed by atoms with E-state index >= 15 is 0 Å². The zero-order valence-electron chi connectivity index (χ0n) is 27.2. The van der Waals surface area contributed by atoms with Crippen LogP contribution in [0.4, 0.5) is 11.4 Å². The average Bonchev–Trinajstić information content (AvgIpc) is 2.97. The second kappa shape index (κ2) is 20.2. The molecule has 0 spiro atoms. The van der Waals surface area contributed by atoms with E-state index in [9.17, 15) is 0 Å². The normalized spacial score (nSPS) is 10.8. The molecule has 0 saturated carbocycles. The first-order chi connectivity index (χ1) is 19.5. The molecule has 0 atom stereocenters. The summed E-state index contributed by atoms with van der Waals surface area (Å²) >= 11 is 2.01. The van der Waals surface area contributed by atoms with Crippen LogP contribution >= 0.6 is 36.6 Å². The second-order valence-corrected chi connectivity index (χ2v) is 12.2. The molecule has 0 saturated heterocycles. The van der Waals surface area contributed by atoms with Crippen molar-refractivity contribution in [3.8, 4) is 0 Å². The monoisotopic (exact) mass is 630 g/mol. The molecule has 0 bridgehead atoms. The Morgan fingerprint density at radius 2 is 1.02 bits per heavy atom. The molecule has 42 heavy (non-hydrogen) atoms. The van der Waals surface area contributed by atoms with Crippen molar-refractivity contribution in [2.75, 3.05) is 41.7 Å². The molecular weight excluding hydrogens is 575 g/mol. The van der Waals surface area contributed by atoms with Crippen LogP contribution in [0.2, 0.25) is 0 Å². The van der Waals surface area contributed by atoms with Gasteiger partial charge in [0.05, 0.1) is 0 Å². The molecule has 0 amide bonds. The molecular formula is C37H56Cl2N2S. The smallest absolute Gasteiger partial charge is 0.0369 e. The van der Waals surface area contributed by atoms with E-state index in [1.165, 1.54) is 88.4 Å². The first-order valence-corrected chi connectivity index (χ1v) is 16.9. The Bertz CT molecular complexity index is 1100. The fourth-order valence-electron chi connectivity index (χ4n) is 5.80. The van der Waals surface area contributed by atoms with Crippen molar-refractivity contribution in [2.45, 2.75) is 97.8 Å². The summed E-state index contributed by atoms with van der Waals surface area (Å²) in [7, 11) is 0. The van der Waals surface area contributed by atoms with Gasteiger partial charge >= 0.3 is 0 Å². The summed E-state index contributed by atoms with van der Waals surface area (Å²) in [6.07, 6.45) is 8.14. The fourth-order valence-corrected chi connectivity index (χ4v) is 6.72. The van der Waals surface area contributed by atoms with Crippen molar-refractivity contribution in [3.05, 3.63) is 88.5 Å². The molecule has 0 aliphatic rings. The molecule has 0 radical (unpaired) electrons. The number of halogens is 2. The number of anilines is 2. The van der Waals surface area contributed by atoms with Crippen LogP contribution in [0.1, 0.15) is 107 Å². The van der Waals surface area contributed by atoms with Crippen LogP contribution in [0.15, 0.2) is 65.6 Å². The summed E-state index contributed by atoms with van der Waals surface area (Å²) in [5, 5.41) is 0. The van der Waals surface area contributed by atoms with Gasteiger partial charge in [-0.3, -0.25) is 0 Å². The zero-order valence-corrected chi connectivity index (χ0v) is 29.7. The third kappa shape index (κ3) is 10.4. The van der Waals surface area contributed by atoms with E-state index in [4.69, 9.17) is 0 Å². The molecule has 0 aliphatic carbocycles. The van der Waals surface area contributed by atoms with E-state index in [2.05, 4.69) is 119 Å². The van der Waals surface area contributed by atoms with E-state index in [0.717, 1.165) is 26.2 Å². The quantitative estimate of drug-likeness (QED) is 0.0831. The van der Waals surface area contributed by atoms with Gasteiger partial charge in [0.2, 0.25) is 0 Å². The van der Waals surface area contributed by atoms with Crippen LogP contribution in [-0.2, 0) is 0 Å². The summed E-state index contributed by atoms with van der Waals surface area (Å²) < 4.78 is 0. The van der Waals surface area contributed by atoms with E-state index < -0.39 is 0 Å². The minimum absolute atomic E-state index is 0. The van der Waals surface area contributed by atoms with Crippen molar-refractivity contribution < 1.29 is 0 Å². The Labute approximate surface area is 274 Å². The van der Waals surface area contributed by atoms with Gasteiger partial charge < -0.3 is 9.80 Å². The first kappa shape index (κ1) is 38.2. The number of benzene rings is 3. The maximum atomic E-state index is 2.46. The van der Waals surface area contributed by atoms with E-state index in [0.29, 0.717) is 0 Å². The third-order valence-corrected chi connectivity index (χ3v) is 9.48. The van der Waals surface area contributed by atoms with Gasteiger partial charge in [-0.05, 0) is 118 Å². The lowest BCUT2D eigenvalue weighted by Crippen LogP contribution is -2.23. The predicted octanol–water partition coefficient (Wildman–Crippen LogP) is 11.5. The van der Waals surface area contributed by atoms with Crippen LogP contribution in [0.25, 0.3) is 0 Å². The van der Waals surface area contributed by atoms with Crippen LogP contribution in [0.3, 0.4) is 0 Å². The highest BCUT2D eigenvalue weighted by atomic mass is 35.5. The van der Waals surface area contributed by atoms with Gasteiger partial charge in [0.25, 0.3) is 0 Å². The molecule has 0 aromatic heterocycles. The summed E-state index contributed by atoms with van der Waals surface area (Å²) in [4.78, 5) is 6.31. The van der Waals surface area contributed by atoms with E-state index in [-0.39, 0.29) is 30.7 Å². The third-order valence-electron chi connectivity index (χ3n) is 8.38. The van der Waals surface area contributed by atoms with Crippen LogP contribution < -0.4 is 9.80 Å². The lowest BCUT2D eigenvalue weighted by atomic mass is 9.81. The molecule has 5 heteroatoms. The van der Waals surface area contributed by atoms with Crippen LogP contribution in [0, 0.1) is 13.8 Å². The van der Waals surface area contributed by atoms with E-state index in [1.54, 1.807) is 0 Å². The number of thioether (sulfide) groups is 1. The predicted molar refractivity (Wildman–Crippen MR) is 195 cm³/mol. The topological polar surface area (TPSA) is 6.48 Å². The van der Waals surface area contributed by atoms with Gasteiger partial charge in [-0.2, -0.15) is 0 Å². The average molecular weight is 632 g/mol. The van der Waals surface area contributed by atoms with Gasteiger partial charge in [0.15, 0.2) is 0 Å². The van der Waals surface area contributed by atoms with Crippen molar-refractivity contribution in [2.24, 2.45) is 0 Å². The Morgan fingerprint density at radius 1 is 0.571 bits per heavy atom. The summed E-state index contributed by atoms with van der Waals surface area (Å²) in [5.41, 5.74) is 9.56. The molecule has 0 aliphatic heterocycles. The minimum atomic E-state index is 0. The second-order valence-electron chi connectivity index (χ2n) is 11.0. The number of unbranched alkanes of at least 4 members (excludes halogenated alkanes) is 5. The van der Waals surface area contributed by atoms with Gasteiger partial charge in [-0.25, -0.2) is 0 Å². The van der Waals surface area contributed by atoms with Crippen LogP contribution in [-0.4, -0.2) is 31.9 Å². The maximum absolute atomic E-state index is 2.46. The van der Waals surface area contributed by atoms with E-state index in [1.807, 2.05) is 11.8 Å². The highest BCUT2D eigenvalue weighted by Crippen LogP contribution is 2.39. The lowest BCUT2D eigenvalue weighted by molar-refractivity contribution is 0.627. The van der Waals surface area contributed by atoms with Gasteiger partial charge in [-0.15, -0.1) is 36.6 Å². The van der Waals surface area contributed by atoms with Crippen LogP contribution in [0.5, 0.6) is 0 Å². The van der Waals surface area contributed by atoms with Crippen molar-refractivity contribution in [1.82, 2.24) is 0 Å². The Kier molecular flexibility index (Phi) is 18.4. The molecule has 0 heterocycles. The number of aryl methyl sites for hydroxylation is 2. The maximum Gasteiger partial charge on any atom is 0.0369 e. The SMILES string of the molecule is CCCCCCCCSc1ccc(C(c2cc(N(CC)CC)ccc2C)c2cc(N(CC)CC)ccc2C)cc1.Cl.Cl. The molecule has 0 fully saturated rings. The highest BCUT2D eigenvalue weighted by molar-refractivity contribution is 7.99. The highest BCUT2D eigenvalue weighted by Gasteiger charge is 2.23. The number of rotatable bonds is 17. The molecule has 3 aromatic rings. The Balaban J connectivity index is 0.00000441. The summed E-state index contributed by atoms with van der Waals surface area (Å²) in [6, 6.07) is 23.6. The molecule has 2 nitrogen and oxygen atoms in total. The molecule has 234 valence electrons. The van der Waals surface area contributed by atoms with Crippen molar-refractivity contribution >= 4 is 48.0 Å². The molecule has 3 rings (SSSR count). The van der Waals surface area contributed by atoms with Gasteiger partial charge in [-0.1, -0.05) is 63.3 Å². The molecule has 0 unspecified atom stereocenters. The number of hydrogen-bond donors (Lipinski definition) is 0. The first-order valence-electron chi connectivity index (χ1n) is 15.9. The number of hydrogen-bond acceptors (Lipinski definition) is 3. The minimum Gasteiger partial charge on any atom is -0.372 e. The summed E-state index contributed by atoms with van der Waals surface area (Å²) in [6.45, 7) is 19.9. The Morgan fingerprint density at radius 3 is 1.48 bits per heavy atom. The lowest BCUT2D eigenvalue weighted by Gasteiger charge is -2.28. The standard InChI is InChI=1S/C37H54N2S.2ClH/c1-8-13-14-15-16-17-26-40-34-24-20-31(21-25-34)37(35-27-32(22-18-29(35)6)38(9-2)10-3)36-28-33(23-19-30(36)7)39(11-4)12-5;;/h18-25,27-28,37H,8-17,26H2,1-7H3;2*1H. The fraction of sp³-hybridized carbons (Fsp3) is 0.514. The number of nitrogens with zero attached hydrogens (tertiary/aromatic N) is 2. The zero-order chi connectivity index (χ0) is 28.9. The van der Waals surface area contributed by atoms with Crippen molar-refractivity contribution in [1.29, 1.82) is 0 Å². The molecule has 3 aromatic carbocycles. The Hall–Kier alpha value is -1.81. The summed E-state index contributed by atoms with van der Waals surface area (Å²) in [5.74, 6) is 1.41. The molecule has 0 N–H and O–H groups in total. The van der Waals surface area contributed by atoms with Gasteiger partial charge in [0, 0.05) is 48.4 Å².